The van der Waals surface area contributed by atoms with Gasteiger partial charge in [0, 0.05) is 43.7 Å². The molecule has 3 aliphatic heterocycles. The number of aliphatic hydroxyl groups is 3. The Morgan fingerprint density at radius 3 is 1.67 bits per heavy atom. The lowest BCUT2D eigenvalue weighted by Gasteiger charge is -2.25. The van der Waals surface area contributed by atoms with E-state index in [1.165, 1.54) is 19.8 Å². The van der Waals surface area contributed by atoms with Gasteiger partial charge in [-0.1, -0.05) is 14.4 Å². The summed E-state index contributed by atoms with van der Waals surface area (Å²) in [6.07, 6.45) is -3.82. The third-order valence-electron chi connectivity index (χ3n) is 7.02. The maximum absolute atomic E-state index is 14.8. The maximum atomic E-state index is 14.8. The Kier molecular flexibility index (Phi) is 9.99. The highest BCUT2D eigenvalue weighted by molar-refractivity contribution is 5.01. The van der Waals surface area contributed by atoms with Crippen molar-refractivity contribution in [3.05, 3.63) is 66.2 Å². The number of hydrogen-bond donors (Lipinski definition) is 5. The Bertz CT molecular complexity index is 1430. The van der Waals surface area contributed by atoms with Gasteiger partial charge in [-0.3, -0.25) is 28.7 Å². The molecule has 0 bridgehead atoms. The highest BCUT2D eigenvalue weighted by atomic mass is 19.1. The van der Waals surface area contributed by atoms with E-state index in [1.807, 2.05) is 9.97 Å². The van der Waals surface area contributed by atoms with Gasteiger partial charge in [-0.15, -0.1) is 0 Å². The van der Waals surface area contributed by atoms with Crippen LogP contribution in [0.1, 0.15) is 59.0 Å². The molecule has 14 nitrogen and oxygen atoms in total. The molecule has 2 aromatic heterocycles. The van der Waals surface area contributed by atoms with Crippen LogP contribution < -0.4 is 22.5 Å². The van der Waals surface area contributed by atoms with Crippen LogP contribution in [0.4, 0.5) is 8.78 Å². The van der Waals surface area contributed by atoms with Gasteiger partial charge in [0.1, 0.15) is 12.2 Å². The topological polar surface area (TPSA) is 198 Å². The zero-order valence-corrected chi connectivity index (χ0v) is 22.5. The van der Waals surface area contributed by atoms with Crippen molar-refractivity contribution >= 4 is 0 Å². The van der Waals surface area contributed by atoms with Crippen LogP contribution >= 0.6 is 0 Å². The Balaban J connectivity index is 0.000000272. The predicted octanol–water partition coefficient (Wildman–Crippen LogP) is -0.261. The van der Waals surface area contributed by atoms with Crippen molar-refractivity contribution in [2.24, 2.45) is 5.92 Å². The van der Waals surface area contributed by atoms with Gasteiger partial charge in [-0.25, -0.2) is 18.4 Å². The lowest BCUT2D eigenvalue weighted by molar-refractivity contribution is -0.0611. The van der Waals surface area contributed by atoms with E-state index in [-0.39, 0.29) is 7.43 Å². The Hall–Kier alpha value is -3.02. The summed E-state index contributed by atoms with van der Waals surface area (Å²) in [5.74, 6) is -0.994. The molecule has 16 heteroatoms. The molecule has 5 heterocycles. The monoisotopic (exact) mass is 610 g/mol. The van der Waals surface area contributed by atoms with Crippen LogP contribution in [0, 0.1) is 5.92 Å². The third-order valence-corrected chi connectivity index (χ3v) is 7.02. The molecule has 8 atom stereocenters. The van der Waals surface area contributed by atoms with E-state index in [4.69, 9.17) is 19.7 Å². The number of nitrogens with zero attached hydrogens (tertiary/aromatic N) is 2. The highest BCUT2D eigenvalue weighted by Crippen LogP contribution is 2.44. The molecule has 0 aromatic carbocycles. The molecule has 5 rings (SSSR count). The molecule has 0 saturated carbocycles. The second-order valence-electron chi connectivity index (χ2n) is 9.97. The molecule has 42 heavy (non-hydrogen) atoms. The van der Waals surface area contributed by atoms with Gasteiger partial charge in [0.15, 0.2) is 23.8 Å². The van der Waals surface area contributed by atoms with Crippen molar-refractivity contribution in [2.75, 3.05) is 26.3 Å². The Labute approximate surface area is 245 Å². The van der Waals surface area contributed by atoms with Crippen molar-refractivity contribution in [3.63, 3.8) is 0 Å². The number of aromatic nitrogens is 4. The number of H-pyrrole nitrogens is 2. The lowest BCUT2D eigenvalue weighted by atomic mass is 9.90. The SMILES string of the molecule is C.C1CCOC1.[2H]C([2H])(O)[C@H]1O[C@@H](n2ccc(=O)[nH]c2=O)[C@](C)(F)[C@@H]1C.[2H]C([2H])(O)[C@H]1O[C@@H](n2ccc(=O)[nH]c2=O)[C@](C)(F)[C@@H]1O. The maximum Gasteiger partial charge on any atom is 0.330 e. The minimum absolute atomic E-state index is 0. The molecule has 0 unspecified atom stereocenters. The van der Waals surface area contributed by atoms with E-state index < -0.39 is 83.6 Å². The fourth-order valence-corrected chi connectivity index (χ4v) is 4.35. The van der Waals surface area contributed by atoms with E-state index in [0.29, 0.717) is 4.57 Å². The fourth-order valence-electron chi connectivity index (χ4n) is 4.35. The van der Waals surface area contributed by atoms with Gasteiger partial charge in [0.2, 0.25) is 0 Å². The molecule has 238 valence electrons. The molecule has 3 fully saturated rings. The molecule has 0 spiro atoms. The van der Waals surface area contributed by atoms with Gasteiger partial charge >= 0.3 is 11.4 Å². The van der Waals surface area contributed by atoms with Gasteiger partial charge in [0.25, 0.3) is 11.1 Å². The number of aromatic amines is 2. The Morgan fingerprint density at radius 1 is 0.905 bits per heavy atom. The van der Waals surface area contributed by atoms with Crippen molar-refractivity contribution in [1.29, 1.82) is 0 Å². The number of nitrogens with one attached hydrogen (secondary N) is 2. The second-order valence-corrected chi connectivity index (χ2v) is 9.97. The van der Waals surface area contributed by atoms with Crippen LogP contribution in [0.3, 0.4) is 0 Å². The molecule has 0 aliphatic carbocycles. The molecule has 3 aliphatic rings. The molecule has 0 radical (unpaired) electrons. The summed E-state index contributed by atoms with van der Waals surface area (Å²) in [5.41, 5.74) is -7.80. The van der Waals surface area contributed by atoms with Crippen molar-refractivity contribution in [1.82, 2.24) is 19.1 Å². The highest BCUT2D eigenvalue weighted by Gasteiger charge is 2.55. The summed E-state index contributed by atoms with van der Waals surface area (Å²) in [5, 5.41) is 28.4. The van der Waals surface area contributed by atoms with Crippen LogP contribution in [0.2, 0.25) is 0 Å². The van der Waals surface area contributed by atoms with Crippen LogP contribution in [-0.2, 0) is 14.2 Å². The summed E-state index contributed by atoms with van der Waals surface area (Å²) in [7, 11) is 0. The second kappa shape index (κ2) is 14.4. The summed E-state index contributed by atoms with van der Waals surface area (Å²) in [6.45, 7) is -0.284. The first-order valence-corrected chi connectivity index (χ1v) is 12.6. The number of ether oxygens (including phenoxy) is 3. The molecule has 5 N–H and O–H groups in total. The summed E-state index contributed by atoms with van der Waals surface area (Å²) in [6, 6.07) is 1.99. The predicted molar refractivity (Wildman–Crippen MR) is 146 cm³/mol. The summed E-state index contributed by atoms with van der Waals surface area (Å²) < 4.78 is 74.6. The van der Waals surface area contributed by atoms with E-state index in [1.54, 1.807) is 0 Å². The zero-order chi connectivity index (χ0) is 34.1. The molecular weight excluding hydrogens is 566 g/mol. The van der Waals surface area contributed by atoms with Crippen LogP contribution in [0.15, 0.2) is 43.7 Å². The third kappa shape index (κ3) is 7.48. The van der Waals surface area contributed by atoms with Gasteiger partial charge in [-0.2, -0.15) is 0 Å². The summed E-state index contributed by atoms with van der Waals surface area (Å²) >= 11 is 0. The van der Waals surface area contributed by atoms with Crippen molar-refractivity contribution in [2.45, 2.75) is 83.1 Å². The average molecular weight is 611 g/mol. The van der Waals surface area contributed by atoms with Crippen LogP contribution in [-0.4, -0.2) is 90.4 Å². The molecule has 3 saturated heterocycles. The quantitative estimate of drug-likeness (QED) is 0.307. The smallest absolute Gasteiger partial charge is 0.330 e. The van der Waals surface area contributed by atoms with Crippen molar-refractivity contribution in [3.8, 4) is 0 Å². The van der Waals surface area contributed by atoms with Gasteiger partial charge in [-0.05, 0) is 26.7 Å². The standard InChI is InChI=1S/C11H15FN2O4.C10H13FN2O5.C4H8O.CH4/c1-6-7(5-15)18-9(11(6,2)12)14-4-3-8(16)13-10(14)17;1-10(11)7(16)5(4-14)18-8(10)13-3-2-6(15)12-9(13)17;1-2-4-5-3-1;/h3-4,6-7,9,15H,5H2,1-2H3,(H,13,16,17);2-3,5,7-8,14,16H,4H2,1H3,(H,12,15,17);1-4H2;1H4/t6-,7-,9-,11-;5-,7-,8-,10-;;/m11../s1/i5D2;4D2;;. The van der Waals surface area contributed by atoms with Gasteiger partial charge < -0.3 is 29.5 Å². The first kappa shape index (κ1) is 29.1. The lowest BCUT2D eigenvalue weighted by Crippen LogP contribution is -2.43. The Morgan fingerprint density at radius 2 is 1.33 bits per heavy atom. The van der Waals surface area contributed by atoms with Crippen LogP contribution in [0.5, 0.6) is 0 Å². The minimum Gasteiger partial charge on any atom is -0.394 e. The van der Waals surface area contributed by atoms with E-state index >= 15 is 0 Å². The van der Waals surface area contributed by atoms with E-state index in [0.717, 1.165) is 56.2 Å². The first-order valence-electron chi connectivity index (χ1n) is 14.6. The number of rotatable bonds is 4. The van der Waals surface area contributed by atoms with E-state index in [9.17, 15) is 43.3 Å². The normalized spacial score (nSPS) is 35.7. The average Bonchev–Trinajstić information content (AvgIpc) is 3.61. The molecular formula is C26H40F2N4O10. The van der Waals surface area contributed by atoms with Crippen LogP contribution in [0.25, 0.3) is 0 Å². The largest absolute Gasteiger partial charge is 0.394 e. The van der Waals surface area contributed by atoms with Gasteiger partial charge in [0.05, 0.1) is 24.7 Å². The summed E-state index contributed by atoms with van der Waals surface area (Å²) in [4.78, 5) is 49.1. The van der Waals surface area contributed by atoms with E-state index in [2.05, 4.69) is 0 Å². The number of aliphatic hydroxyl groups excluding tert-OH is 1. The van der Waals surface area contributed by atoms with Crippen molar-refractivity contribution < 1.29 is 43.8 Å². The molecule has 0 amide bonds. The fraction of sp³-hybridized carbons (Fsp3) is 0.692. The number of alkyl halides is 2. The first-order chi connectivity index (χ1) is 20.6. The number of hydrogen-bond acceptors (Lipinski definition) is 10. The minimum atomic E-state index is -2.99. The zero-order valence-electron chi connectivity index (χ0n) is 26.5. The number of halogens is 2. The molecule has 2 aromatic rings.